The van der Waals surface area contributed by atoms with Gasteiger partial charge in [0.1, 0.15) is 5.84 Å². The second-order valence-corrected chi connectivity index (χ2v) is 12.0. The summed E-state index contributed by atoms with van der Waals surface area (Å²) in [4.78, 5) is 22.3. The van der Waals surface area contributed by atoms with Crippen LogP contribution in [0.4, 0.5) is 18.9 Å². The van der Waals surface area contributed by atoms with Gasteiger partial charge in [0.25, 0.3) is 0 Å². The van der Waals surface area contributed by atoms with Crippen molar-refractivity contribution in [2.75, 3.05) is 46.8 Å². The first-order valence-electron chi connectivity index (χ1n) is 13.7. The molecule has 0 aromatic heterocycles. The van der Waals surface area contributed by atoms with E-state index in [0.717, 1.165) is 38.0 Å². The number of nitrogens with two attached hydrogens (primary N) is 1. The molecule has 1 fully saturated rings. The number of hydrogen-bond donors (Lipinski definition) is 1. The lowest BCUT2D eigenvalue weighted by Gasteiger charge is -2.39. The first-order chi connectivity index (χ1) is 19.0. The third-order valence-electron chi connectivity index (χ3n) is 6.89. The van der Waals surface area contributed by atoms with Gasteiger partial charge in [-0.25, -0.2) is 9.30 Å². The molecule has 0 atom stereocenters. The average molecular weight is 574 g/mol. The number of benzene rings is 2. The van der Waals surface area contributed by atoms with Crippen LogP contribution in [-0.2, 0) is 11.0 Å². The quantitative estimate of drug-likeness (QED) is 0.338. The Bertz CT molecular complexity index is 1280. The van der Waals surface area contributed by atoms with Gasteiger partial charge < -0.3 is 15.5 Å². The second kappa shape index (κ2) is 12.8. The van der Waals surface area contributed by atoms with Crippen LogP contribution in [0.5, 0.6) is 0 Å². The molecule has 2 heterocycles. The SMILES string of the molecule is CCCN(CCC)C(=O)C1=Cc2ccc(-c3cc(SN4CC(CN(C)C)C4)cc(C(F)(F)F)c3)cc2N=C(N)C1. The van der Waals surface area contributed by atoms with Crippen molar-refractivity contribution in [3.05, 3.63) is 53.1 Å². The van der Waals surface area contributed by atoms with E-state index in [0.29, 0.717) is 52.1 Å². The second-order valence-electron chi connectivity index (χ2n) is 10.8. The lowest BCUT2D eigenvalue weighted by atomic mass is 9.99. The number of aliphatic imine (C=N–C) groups is 1. The third kappa shape index (κ3) is 7.47. The molecule has 10 heteroatoms. The van der Waals surface area contributed by atoms with Crippen LogP contribution in [0.2, 0.25) is 0 Å². The minimum Gasteiger partial charge on any atom is -0.387 e. The van der Waals surface area contributed by atoms with Crippen LogP contribution >= 0.6 is 11.9 Å². The first-order valence-corrected chi connectivity index (χ1v) is 14.5. The highest BCUT2D eigenvalue weighted by atomic mass is 32.2. The topological polar surface area (TPSA) is 65.2 Å². The van der Waals surface area contributed by atoms with E-state index in [1.807, 2.05) is 38.9 Å². The van der Waals surface area contributed by atoms with E-state index in [2.05, 4.69) is 14.2 Å². The number of carbonyl (C=O) groups is 1. The van der Waals surface area contributed by atoms with Crippen molar-refractivity contribution in [1.82, 2.24) is 14.1 Å². The van der Waals surface area contributed by atoms with E-state index >= 15 is 0 Å². The van der Waals surface area contributed by atoms with Gasteiger partial charge >= 0.3 is 6.18 Å². The van der Waals surface area contributed by atoms with E-state index in [9.17, 15) is 18.0 Å². The summed E-state index contributed by atoms with van der Waals surface area (Å²) in [6.45, 7) is 8.03. The molecule has 0 aliphatic carbocycles. The molecule has 6 nitrogen and oxygen atoms in total. The molecular formula is C30H38F3N5OS. The minimum absolute atomic E-state index is 0.0582. The van der Waals surface area contributed by atoms with E-state index in [1.165, 1.54) is 24.1 Å². The van der Waals surface area contributed by atoms with Gasteiger partial charge in [-0.05, 0) is 86.3 Å². The molecule has 1 saturated heterocycles. The van der Waals surface area contributed by atoms with Gasteiger partial charge in [0.05, 0.1) is 11.3 Å². The zero-order valence-electron chi connectivity index (χ0n) is 23.6. The highest BCUT2D eigenvalue weighted by molar-refractivity contribution is 7.97. The molecule has 2 aliphatic heterocycles. The fraction of sp³-hybridized carbons (Fsp3) is 0.467. The van der Waals surface area contributed by atoms with Crippen molar-refractivity contribution in [2.24, 2.45) is 16.6 Å². The van der Waals surface area contributed by atoms with Crippen molar-refractivity contribution in [2.45, 2.75) is 44.2 Å². The normalized spacial score (nSPS) is 16.2. The van der Waals surface area contributed by atoms with Crippen LogP contribution < -0.4 is 5.73 Å². The molecule has 0 bridgehead atoms. The van der Waals surface area contributed by atoms with Crippen molar-refractivity contribution < 1.29 is 18.0 Å². The molecule has 2 N–H and O–H groups in total. The van der Waals surface area contributed by atoms with Gasteiger partial charge in [-0.3, -0.25) is 4.79 Å². The Morgan fingerprint density at radius 1 is 1.07 bits per heavy atom. The Hall–Kier alpha value is -2.82. The van der Waals surface area contributed by atoms with E-state index in [4.69, 9.17) is 5.73 Å². The summed E-state index contributed by atoms with van der Waals surface area (Å²) < 4.78 is 43.7. The molecule has 40 heavy (non-hydrogen) atoms. The smallest absolute Gasteiger partial charge is 0.387 e. The van der Waals surface area contributed by atoms with Gasteiger partial charge in [0, 0.05) is 55.2 Å². The van der Waals surface area contributed by atoms with Crippen LogP contribution in [-0.4, -0.2) is 72.7 Å². The number of fused-ring (bicyclic) bond motifs is 1. The van der Waals surface area contributed by atoms with Crippen LogP contribution in [0.3, 0.4) is 0 Å². The van der Waals surface area contributed by atoms with Gasteiger partial charge in [-0.1, -0.05) is 26.0 Å². The molecule has 0 radical (unpaired) electrons. The van der Waals surface area contributed by atoms with Crippen molar-refractivity contribution in [1.29, 1.82) is 0 Å². The van der Waals surface area contributed by atoms with Crippen LogP contribution in [0, 0.1) is 5.92 Å². The number of nitrogens with zero attached hydrogens (tertiary/aromatic N) is 4. The van der Waals surface area contributed by atoms with Crippen LogP contribution in [0.25, 0.3) is 17.2 Å². The monoisotopic (exact) mass is 573 g/mol. The maximum Gasteiger partial charge on any atom is 0.416 e. The van der Waals surface area contributed by atoms with Crippen molar-refractivity contribution in [3.63, 3.8) is 0 Å². The van der Waals surface area contributed by atoms with E-state index < -0.39 is 11.7 Å². The van der Waals surface area contributed by atoms with Gasteiger partial charge in [0.15, 0.2) is 0 Å². The van der Waals surface area contributed by atoms with Gasteiger partial charge in [0.2, 0.25) is 5.91 Å². The number of halogens is 3. The number of carbonyl (C=O) groups excluding carboxylic acids is 1. The zero-order chi connectivity index (χ0) is 29.0. The summed E-state index contributed by atoms with van der Waals surface area (Å²) in [7, 11) is 4.05. The van der Waals surface area contributed by atoms with Gasteiger partial charge in [-0.15, -0.1) is 0 Å². The Morgan fingerprint density at radius 3 is 2.40 bits per heavy atom. The highest BCUT2D eigenvalue weighted by Gasteiger charge is 2.33. The van der Waals surface area contributed by atoms with Crippen LogP contribution in [0.1, 0.15) is 44.2 Å². The molecular weight excluding hydrogens is 535 g/mol. The molecule has 4 rings (SSSR count). The molecule has 0 unspecified atom stereocenters. The van der Waals surface area contributed by atoms with E-state index in [-0.39, 0.29) is 12.3 Å². The highest BCUT2D eigenvalue weighted by Crippen LogP contribution is 2.40. The summed E-state index contributed by atoms with van der Waals surface area (Å²) in [6, 6.07) is 9.53. The molecule has 2 aromatic carbocycles. The summed E-state index contributed by atoms with van der Waals surface area (Å²) in [5.41, 5.74) is 8.42. The Kier molecular flexibility index (Phi) is 9.64. The van der Waals surface area contributed by atoms with Crippen molar-refractivity contribution >= 4 is 35.5 Å². The zero-order valence-corrected chi connectivity index (χ0v) is 24.4. The summed E-state index contributed by atoms with van der Waals surface area (Å²) >= 11 is 1.36. The lowest BCUT2D eigenvalue weighted by molar-refractivity contribution is -0.137. The van der Waals surface area contributed by atoms with Crippen LogP contribution in [0.15, 0.2) is 51.9 Å². The number of alkyl halides is 3. The Labute approximate surface area is 239 Å². The number of amides is 1. The fourth-order valence-electron chi connectivity index (χ4n) is 5.13. The molecule has 0 spiro atoms. The number of rotatable bonds is 10. The predicted molar refractivity (Wildman–Crippen MR) is 157 cm³/mol. The molecule has 216 valence electrons. The Morgan fingerprint density at radius 2 is 1.77 bits per heavy atom. The summed E-state index contributed by atoms with van der Waals surface area (Å²) in [5.74, 6) is 0.757. The summed E-state index contributed by atoms with van der Waals surface area (Å²) in [5, 5.41) is 0. The fourth-order valence-corrected chi connectivity index (χ4v) is 6.35. The molecule has 0 saturated carbocycles. The standard InChI is InChI=1S/C30H38F3N5OS/c1-5-9-37(10-6-2)29(39)24-11-22-8-7-21(14-27(22)35-28(34)15-24)23-12-25(30(31,32)33)16-26(13-23)40-38-18-20(19-38)17-36(3)4/h7-8,11-14,16,20H,5-6,9-10,15,17-19H2,1-4H3,(H2,34,35). The number of amidine groups is 1. The van der Waals surface area contributed by atoms with E-state index in [1.54, 1.807) is 24.3 Å². The maximum atomic E-state index is 13.9. The predicted octanol–water partition coefficient (Wildman–Crippen LogP) is 6.30. The molecule has 1 amide bonds. The average Bonchev–Trinajstić information content (AvgIpc) is 3.03. The Balaban J connectivity index is 1.64. The maximum absolute atomic E-state index is 13.9. The minimum atomic E-state index is -4.47. The lowest BCUT2D eigenvalue weighted by Crippen LogP contribution is -2.46. The van der Waals surface area contributed by atoms with Gasteiger partial charge in [-0.2, -0.15) is 13.2 Å². The summed E-state index contributed by atoms with van der Waals surface area (Å²) in [6.07, 6.45) is -0.725. The largest absolute Gasteiger partial charge is 0.416 e. The first kappa shape index (κ1) is 30.1. The molecule has 2 aliphatic rings. The third-order valence-corrected chi connectivity index (χ3v) is 7.90. The molecule has 2 aromatic rings. The van der Waals surface area contributed by atoms with Crippen molar-refractivity contribution in [3.8, 4) is 11.1 Å². The number of hydrogen-bond acceptors (Lipinski definition) is 6.